The Kier molecular flexibility index (Phi) is 6.43. The maximum absolute atomic E-state index is 13.8. The van der Waals surface area contributed by atoms with Gasteiger partial charge in [0.25, 0.3) is 0 Å². The molecule has 0 spiro atoms. The van der Waals surface area contributed by atoms with Crippen LogP contribution in [0.4, 0.5) is 5.69 Å². The van der Waals surface area contributed by atoms with Gasteiger partial charge < -0.3 is 10.1 Å². The van der Waals surface area contributed by atoms with Crippen molar-refractivity contribution in [2.24, 2.45) is 11.8 Å². The van der Waals surface area contributed by atoms with E-state index in [0.717, 1.165) is 28.0 Å². The zero-order chi connectivity index (χ0) is 27.4. The fourth-order valence-corrected chi connectivity index (χ4v) is 7.67. The molecule has 1 N–H and O–H groups in total. The number of rotatable bonds is 8. The Bertz CT molecular complexity index is 1350. The normalized spacial score (nSPS) is 26.2. The molecule has 39 heavy (non-hydrogen) atoms. The van der Waals surface area contributed by atoms with Crippen molar-refractivity contribution in [3.05, 3.63) is 95.1 Å². The van der Waals surface area contributed by atoms with Gasteiger partial charge in [-0.2, -0.15) is 0 Å². The summed E-state index contributed by atoms with van der Waals surface area (Å²) < 4.78 is 5.13. The van der Waals surface area contributed by atoms with Gasteiger partial charge >= 0.3 is 0 Å². The van der Waals surface area contributed by atoms with E-state index < -0.39 is 21.6 Å². The summed E-state index contributed by atoms with van der Waals surface area (Å²) in [4.78, 5) is 39.0. The zero-order valence-electron chi connectivity index (χ0n) is 21.5. The second kappa shape index (κ2) is 9.68. The highest BCUT2D eigenvalue weighted by Gasteiger charge is 2.72. The maximum atomic E-state index is 13.8. The number of amides is 3. The highest BCUT2D eigenvalue weighted by Crippen LogP contribution is 2.69. The number of hydrogen-bond acceptors (Lipinski definition) is 4. The molecule has 1 saturated heterocycles. The monoisotopic (exact) mass is 562 g/mol. The van der Waals surface area contributed by atoms with Gasteiger partial charge in [-0.3, -0.25) is 19.3 Å². The van der Waals surface area contributed by atoms with E-state index in [-0.39, 0.29) is 24.3 Å². The molecule has 8 heteroatoms. The van der Waals surface area contributed by atoms with Crippen LogP contribution in [0.15, 0.2) is 72.8 Å². The Hall–Kier alpha value is -3.35. The van der Waals surface area contributed by atoms with E-state index in [0.29, 0.717) is 31.4 Å². The predicted molar refractivity (Wildman–Crippen MR) is 150 cm³/mol. The van der Waals surface area contributed by atoms with Crippen LogP contribution < -0.4 is 10.1 Å². The van der Waals surface area contributed by atoms with Crippen LogP contribution in [-0.2, 0) is 24.1 Å². The van der Waals surface area contributed by atoms with Gasteiger partial charge in [0.1, 0.15) is 15.5 Å². The van der Waals surface area contributed by atoms with Crippen molar-refractivity contribution in [3.63, 3.8) is 0 Å². The molecule has 3 aromatic rings. The molecule has 1 fully saturated rings. The summed E-state index contributed by atoms with van der Waals surface area (Å²) >= 11 is 14.9. The molecule has 1 aliphatic heterocycles. The van der Waals surface area contributed by atoms with Crippen molar-refractivity contribution in [2.45, 2.75) is 35.4 Å². The number of hydrogen-bond donors (Lipinski definition) is 1. The number of halogens is 2. The van der Waals surface area contributed by atoms with Crippen molar-refractivity contribution < 1.29 is 19.1 Å². The lowest BCUT2D eigenvalue weighted by atomic mass is 9.54. The Morgan fingerprint density at radius 2 is 1.28 bits per heavy atom. The molecule has 0 unspecified atom stereocenters. The standard InChI is InChI=1S/C31H28Cl2N2O4/c1-39-20-16-14-19(15-17-20)34-25(36)13-3-2-8-18-35-28(37)26-27(29(35)38)31(33)22-10-5-4-9-21(22)30(26,32)23-11-6-7-12-24(23)31/h4-7,9-12,14-17,26-27H,2-3,8,13,18H2,1H3,(H,34,36)/t26-,27+,30?,31?. The first-order valence-electron chi connectivity index (χ1n) is 13.2. The SMILES string of the molecule is COc1ccc(NC(=O)CCCCCN2C(=O)[C@@H]3[C@H](C2=O)C2(Cl)c4ccccc4C3(Cl)c3ccccc32)cc1. The van der Waals surface area contributed by atoms with E-state index in [4.69, 9.17) is 27.9 Å². The van der Waals surface area contributed by atoms with Crippen molar-refractivity contribution in [2.75, 3.05) is 19.0 Å². The summed E-state index contributed by atoms with van der Waals surface area (Å²) in [5.74, 6) is -1.45. The van der Waals surface area contributed by atoms with Crippen LogP contribution in [-0.4, -0.2) is 36.3 Å². The van der Waals surface area contributed by atoms with Gasteiger partial charge in [-0.25, -0.2) is 0 Å². The molecule has 7 rings (SSSR count). The quantitative estimate of drug-likeness (QED) is 0.214. The number of benzene rings is 3. The highest BCUT2D eigenvalue weighted by molar-refractivity contribution is 6.36. The molecule has 0 radical (unpaired) electrons. The smallest absolute Gasteiger partial charge is 0.235 e. The van der Waals surface area contributed by atoms with Crippen LogP contribution >= 0.6 is 23.2 Å². The van der Waals surface area contributed by atoms with Crippen molar-refractivity contribution in [1.29, 1.82) is 0 Å². The second-order valence-corrected chi connectivity index (χ2v) is 11.6. The van der Waals surface area contributed by atoms with Crippen molar-refractivity contribution in [3.8, 4) is 5.75 Å². The molecular weight excluding hydrogens is 535 g/mol. The summed E-state index contributed by atoms with van der Waals surface area (Å²) in [5, 5.41) is 2.87. The van der Waals surface area contributed by atoms with E-state index in [1.807, 2.05) is 48.5 Å². The lowest BCUT2D eigenvalue weighted by Crippen LogP contribution is -2.57. The molecular formula is C31H28Cl2N2O4. The van der Waals surface area contributed by atoms with E-state index >= 15 is 0 Å². The summed E-state index contributed by atoms with van der Waals surface area (Å²) in [5.41, 5.74) is 3.90. The van der Waals surface area contributed by atoms with Gasteiger partial charge in [0, 0.05) is 18.7 Å². The fraction of sp³-hybridized carbons (Fsp3) is 0.323. The van der Waals surface area contributed by atoms with Gasteiger partial charge in [0.2, 0.25) is 17.7 Å². The number of alkyl halides is 2. The molecule has 1 heterocycles. The number of methoxy groups -OCH3 is 1. The van der Waals surface area contributed by atoms with Crippen molar-refractivity contribution >= 4 is 46.6 Å². The molecule has 3 aliphatic carbocycles. The molecule has 2 atom stereocenters. The Morgan fingerprint density at radius 3 is 1.74 bits per heavy atom. The van der Waals surface area contributed by atoms with Gasteiger partial charge in [0.15, 0.2) is 0 Å². The van der Waals surface area contributed by atoms with E-state index in [1.165, 1.54) is 4.90 Å². The van der Waals surface area contributed by atoms with Crippen LogP contribution in [0, 0.1) is 11.8 Å². The molecule has 0 saturated carbocycles. The Morgan fingerprint density at radius 1 is 0.795 bits per heavy atom. The van der Waals surface area contributed by atoms with Crippen LogP contribution in [0.25, 0.3) is 0 Å². The molecule has 0 aromatic heterocycles. The number of likely N-dealkylation sites (tertiary alicyclic amines) is 1. The average molecular weight is 563 g/mol. The van der Waals surface area contributed by atoms with Crippen LogP contribution in [0.1, 0.15) is 47.9 Å². The Labute approximate surface area is 237 Å². The molecule has 6 nitrogen and oxygen atoms in total. The maximum Gasteiger partial charge on any atom is 0.235 e. The number of anilines is 1. The second-order valence-electron chi connectivity index (χ2n) is 10.4. The van der Waals surface area contributed by atoms with Crippen LogP contribution in [0.2, 0.25) is 0 Å². The number of nitrogens with zero attached hydrogens (tertiary/aromatic N) is 1. The average Bonchev–Trinajstić information content (AvgIpc) is 3.22. The summed E-state index contributed by atoms with van der Waals surface area (Å²) in [7, 11) is 1.59. The number of carbonyl (C=O) groups excluding carboxylic acids is 3. The first-order valence-corrected chi connectivity index (χ1v) is 13.9. The topological polar surface area (TPSA) is 75.7 Å². The highest BCUT2D eigenvalue weighted by atomic mass is 35.5. The fourth-order valence-electron chi connectivity index (χ4n) is 6.58. The first kappa shape index (κ1) is 25.9. The van der Waals surface area contributed by atoms with Crippen LogP contribution in [0.3, 0.4) is 0 Å². The van der Waals surface area contributed by atoms with Crippen LogP contribution in [0.5, 0.6) is 5.75 Å². The number of unbranched alkanes of at least 4 members (excludes halogenated alkanes) is 2. The van der Waals surface area contributed by atoms with Gasteiger partial charge in [-0.15, -0.1) is 23.2 Å². The molecule has 2 bridgehead atoms. The molecule has 3 amide bonds. The predicted octanol–water partition coefficient (Wildman–Crippen LogP) is 5.79. The number of ether oxygens (including phenoxy) is 1. The van der Waals surface area contributed by atoms with Crippen molar-refractivity contribution in [1.82, 2.24) is 4.90 Å². The number of imide groups is 1. The van der Waals surface area contributed by atoms with E-state index in [1.54, 1.807) is 31.4 Å². The van der Waals surface area contributed by atoms with Gasteiger partial charge in [-0.05, 0) is 59.4 Å². The molecule has 3 aromatic carbocycles. The minimum atomic E-state index is -1.16. The van der Waals surface area contributed by atoms with Gasteiger partial charge in [0.05, 0.1) is 18.9 Å². The first-order chi connectivity index (χ1) is 18.8. The van der Waals surface area contributed by atoms with Gasteiger partial charge in [-0.1, -0.05) is 55.0 Å². The molecule has 200 valence electrons. The minimum absolute atomic E-state index is 0.0835. The third-order valence-corrected chi connectivity index (χ3v) is 9.62. The Balaban J connectivity index is 1.14. The summed E-state index contributed by atoms with van der Waals surface area (Å²) in [6.45, 7) is 0.275. The largest absolute Gasteiger partial charge is 0.497 e. The molecule has 4 aliphatic rings. The summed E-state index contributed by atoms with van der Waals surface area (Å²) in [6.07, 6.45) is 2.28. The number of carbonyl (C=O) groups is 3. The third kappa shape index (κ3) is 3.80. The number of nitrogens with one attached hydrogen (secondary N) is 1. The van der Waals surface area contributed by atoms with E-state index in [2.05, 4.69) is 5.32 Å². The van der Waals surface area contributed by atoms with E-state index in [9.17, 15) is 14.4 Å². The third-order valence-electron chi connectivity index (χ3n) is 8.34. The lowest BCUT2D eigenvalue weighted by molar-refractivity contribution is -0.140. The minimum Gasteiger partial charge on any atom is -0.497 e. The summed E-state index contributed by atoms with van der Waals surface area (Å²) in [6, 6.07) is 22.4. The lowest BCUT2D eigenvalue weighted by Gasteiger charge is -2.54. The zero-order valence-corrected chi connectivity index (χ0v) is 23.0.